The van der Waals surface area contributed by atoms with Crippen LogP contribution in [0.5, 0.6) is 0 Å². The molecule has 0 aliphatic carbocycles. The molecule has 0 bridgehead atoms. The Morgan fingerprint density at radius 3 is 2.55 bits per heavy atom. The zero-order valence-electron chi connectivity index (χ0n) is 18.6. The Labute approximate surface area is 193 Å². The fourth-order valence-electron chi connectivity index (χ4n) is 3.55. The Morgan fingerprint density at radius 2 is 1.85 bits per heavy atom. The number of carbonyl (C=O) groups is 1. The predicted octanol–water partition coefficient (Wildman–Crippen LogP) is 5.14. The first-order valence-electron chi connectivity index (χ1n) is 10.7. The molecule has 0 aliphatic heterocycles. The Balaban J connectivity index is 1.43. The maximum Gasteiger partial charge on any atom is 0.313 e. The third kappa shape index (κ3) is 5.55. The summed E-state index contributed by atoms with van der Waals surface area (Å²) in [4.78, 5) is 21.0. The second kappa shape index (κ2) is 10.4. The third-order valence-corrected chi connectivity index (χ3v) is 5.37. The van der Waals surface area contributed by atoms with Crippen LogP contribution in [0.15, 0.2) is 83.5 Å². The van der Waals surface area contributed by atoms with Crippen molar-refractivity contribution in [2.45, 2.75) is 25.7 Å². The smallest absolute Gasteiger partial charge is 0.313 e. The molecule has 2 heterocycles. The summed E-state index contributed by atoms with van der Waals surface area (Å²) in [5, 5.41) is 0. The molecule has 0 N–H and O–H groups in total. The molecule has 5 heteroatoms. The van der Waals surface area contributed by atoms with E-state index in [4.69, 9.17) is 9.15 Å². The van der Waals surface area contributed by atoms with E-state index in [1.54, 1.807) is 12.4 Å². The molecule has 0 spiro atoms. The van der Waals surface area contributed by atoms with Gasteiger partial charge in [0.25, 0.3) is 0 Å². The minimum absolute atomic E-state index is 0.273. The van der Waals surface area contributed by atoms with Gasteiger partial charge in [0.05, 0.1) is 25.1 Å². The van der Waals surface area contributed by atoms with E-state index in [2.05, 4.69) is 21.8 Å². The number of hydrogen-bond donors (Lipinski definition) is 0. The zero-order chi connectivity index (χ0) is 23.0. The minimum atomic E-state index is -0.394. The van der Waals surface area contributed by atoms with Crippen LogP contribution in [0.4, 0.5) is 0 Å². The topological polar surface area (TPSA) is 65.2 Å². The maximum absolute atomic E-state index is 12.3. The highest BCUT2D eigenvalue weighted by molar-refractivity contribution is 5.78. The average molecular weight is 437 g/mol. The van der Waals surface area contributed by atoms with Crippen molar-refractivity contribution in [1.82, 2.24) is 9.97 Å². The molecular formula is C28H24N2O3. The van der Waals surface area contributed by atoms with E-state index in [1.165, 1.54) is 7.11 Å². The maximum atomic E-state index is 12.3. The molecule has 1 atom stereocenters. The van der Waals surface area contributed by atoms with Crippen molar-refractivity contribution in [3.63, 3.8) is 0 Å². The van der Waals surface area contributed by atoms with Gasteiger partial charge in [0, 0.05) is 23.5 Å². The van der Waals surface area contributed by atoms with Crippen LogP contribution in [0.3, 0.4) is 0 Å². The molecule has 1 unspecified atom stereocenters. The molecule has 33 heavy (non-hydrogen) atoms. The number of nitrogens with zero attached hydrogens (tertiary/aromatic N) is 2. The molecule has 0 saturated heterocycles. The Kier molecular flexibility index (Phi) is 6.96. The number of rotatable bonds is 6. The molecule has 0 saturated carbocycles. The number of esters is 1. The monoisotopic (exact) mass is 436 g/mol. The number of aromatic nitrogens is 2. The number of methoxy groups -OCH3 is 1. The standard InChI is InChI=1S/C28H24N2O3/c1-20-26(30-27(33-20)23-9-4-3-5-10-23)12-6-8-21-13-15-22(16-14-21)18-25(28(31)32-2)24-11-7-17-29-19-24/h3-5,7,9-11,13-17,19,25H,12,18H2,1-2H3. The lowest BCUT2D eigenvalue weighted by molar-refractivity contribution is -0.142. The lowest BCUT2D eigenvalue weighted by Crippen LogP contribution is -2.17. The van der Waals surface area contributed by atoms with Gasteiger partial charge in [0.2, 0.25) is 5.89 Å². The zero-order valence-corrected chi connectivity index (χ0v) is 18.6. The molecule has 2 aromatic carbocycles. The second-order valence-corrected chi connectivity index (χ2v) is 7.63. The summed E-state index contributed by atoms with van der Waals surface area (Å²) in [6, 6.07) is 21.5. The summed E-state index contributed by atoms with van der Waals surface area (Å²) in [5.74, 6) is 7.09. The number of carbonyl (C=O) groups excluding carboxylic acids is 1. The Bertz CT molecular complexity index is 1270. The van der Waals surface area contributed by atoms with E-state index in [1.807, 2.05) is 73.7 Å². The van der Waals surface area contributed by atoms with Crippen LogP contribution in [-0.2, 0) is 22.4 Å². The molecule has 0 fully saturated rings. The first kappa shape index (κ1) is 22.0. The van der Waals surface area contributed by atoms with E-state index in [0.29, 0.717) is 18.7 Å². The molecule has 2 aromatic heterocycles. The van der Waals surface area contributed by atoms with Gasteiger partial charge in [-0.25, -0.2) is 4.98 Å². The molecule has 4 rings (SSSR count). The number of benzene rings is 2. The highest BCUT2D eigenvalue weighted by Crippen LogP contribution is 2.23. The molecular weight excluding hydrogens is 412 g/mol. The van der Waals surface area contributed by atoms with Crippen LogP contribution in [0.1, 0.15) is 34.1 Å². The van der Waals surface area contributed by atoms with Crippen LogP contribution in [0.2, 0.25) is 0 Å². The molecule has 5 nitrogen and oxygen atoms in total. The third-order valence-electron chi connectivity index (χ3n) is 5.37. The van der Waals surface area contributed by atoms with E-state index in [-0.39, 0.29) is 5.97 Å². The van der Waals surface area contributed by atoms with Gasteiger partial charge in [0.15, 0.2) is 0 Å². The van der Waals surface area contributed by atoms with Gasteiger partial charge in [-0.3, -0.25) is 9.78 Å². The van der Waals surface area contributed by atoms with E-state index in [0.717, 1.165) is 33.7 Å². The van der Waals surface area contributed by atoms with Crippen LogP contribution < -0.4 is 0 Å². The van der Waals surface area contributed by atoms with Gasteiger partial charge < -0.3 is 9.15 Å². The Morgan fingerprint density at radius 1 is 1.06 bits per heavy atom. The van der Waals surface area contributed by atoms with E-state index < -0.39 is 5.92 Å². The number of oxazole rings is 1. The Hall–Kier alpha value is -4.17. The molecule has 0 radical (unpaired) electrons. The number of aryl methyl sites for hydroxylation is 1. The SMILES string of the molecule is COC(=O)C(Cc1ccc(C#CCc2nc(-c3ccccc3)oc2C)cc1)c1cccnc1. The largest absolute Gasteiger partial charge is 0.469 e. The highest BCUT2D eigenvalue weighted by atomic mass is 16.5. The predicted molar refractivity (Wildman–Crippen MR) is 126 cm³/mol. The van der Waals surface area contributed by atoms with Gasteiger partial charge in [-0.1, -0.05) is 48.2 Å². The normalized spacial score (nSPS) is 11.3. The van der Waals surface area contributed by atoms with Crippen molar-refractivity contribution in [2.24, 2.45) is 0 Å². The average Bonchev–Trinajstić information content (AvgIpc) is 3.24. The molecule has 4 aromatic rings. The molecule has 164 valence electrons. The van der Waals surface area contributed by atoms with Crippen molar-refractivity contribution >= 4 is 5.97 Å². The summed E-state index contributed by atoms with van der Waals surface area (Å²) in [5.41, 5.74) is 4.56. The van der Waals surface area contributed by atoms with Gasteiger partial charge in [-0.15, -0.1) is 0 Å². The molecule has 0 amide bonds. The number of hydrogen-bond acceptors (Lipinski definition) is 5. The summed E-state index contributed by atoms with van der Waals surface area (Å²) in [6.45, 7) is 1.91. The van der Waals surface area contributed by atoms with Crippen LogP contribution in [-0.4, -0.2) is 23.0 Å². The van der Waals surface area contributed by atoms with Gasteiger partial charge in [0.1, 0.15) is 5.76 Å². The summed E-state index contributed by atoms with van der Waals surface area (Å²) >= 11 is 0. The van der Waals surface area contributed by atoms with Crippen LogP contribution >= 0.6 is 0 Å². The van der Waals surface area contributed by atoms with Crippen molar-refractivity contribution in [2.75, 3.05) is 7.11 Å². The van der Waals surface area contributed by atoms with Crippen LogP contribution in [0.25, 0.3) is 11.5 Å². The number of pyridine rings is 1. The highest BCUT2D eigenvalue weighted by Gasteiger charge is 2.22. The summed E-state index contributed by atoms with van der Waals surface area (Å²) < 4.78 is 10.8. The molecule has 0 aliphatic rings. The number of ether oxygens (including phenoxy) is 1. The fourth-order valence-corrected chi connectivity index (χ4v) is 3.55. The first-order valence-corrected chi connectivity index (χ1v) is 10.7. The van der Waals surface area contributed by atoms with Crippen molar-refractivity contribution in [1.29, 1.82) is 0 Å². The second-order valence-electron chi connectivity index (χ2n) is 7.63. The lowest BCUT2D eigenvalue weighted by Gasteiger charge is -2.14. The van der Waals surface area contributed by atoms with Crippen molar-refractivity contribution in [3.05, 3.63) is 107 Å². The quantitative estimate of drug-likeness (QED) is 0.309. The minimum Gasteiger partial charge on any atom is -0.469 e. The van der Waals surface area contributed by atoms with Gasteiger partial charge in [-0.05, 0) is 54.8 Å². The van der Waals surface area contributed by atoms with Gasteiger partial charge in [-0.2, -0.15) is 0 Å². The van der Waals surface area contributed by atoms with E-state index in [9.17, 15) is 4.79 Å². The van der Waals surface area contributed by atoms with Crippen molar-refractivity contribution < 1.29 is 13.9 Å². The van der Waals surface area contributed by atoms with Crippen molar-refractivity contribution in [3.8, 4) is 23.3 Å². The first-order chi connectivity index (χ1) is 16.1. The summed E-state index contributed by atoms with van der Waals surface area (Å²) in [7, 11) is 1.41. The summed E-state index contributed by atoms with van der Waals surface area (Å²) in [6.07, 6.45) is 4.44. The lowest BCUT2D eigenvalue weighted by atomic mass is 9.93. The van der Waals surface area contributed by atoms with Crippen LogP contribution in [0, 0.1) is 18.8 Å². The van der Waals surface area contributed by atoms with Gasteiger partial charge >= 0.3 is 5.97 Å². The fraction of sp³-hybridized carbons (Fsp3) is 0.179. The van der Waals surface area contributed by atoms with E-state index >= 15 is 0 Å².